The zero-order chi connectivity index (χ0) is 28.2. The Bertz CT molecular complexity index is 916. The number of carbonyl (C=O) groups excluding carboxylic acids is 2. The number of benzene rings is 1. The van der Waals surface area contributed by atoms with Crippen molar-refractivity contribution in [1.29, 1.82) is 0 Å². The molecule has 37 heavy (non-hydrogen) atoms. The summed E-state index contributed by atoms with van der Waals surface area (Å²) in [5.74, 6) is -1.39. The van der Waals surface area contributed by atoms with Crippen LogP contribution in [-0.2, 0) is 20.5 Å². The number of hydrogen-bond acceptors (Lipinski definition) is 5. The van der Waals surface area contributed by atoms with Gasteiger partial charge in [-0.3, -0.25) is 4.79 Å². The second kappa shape index (κ2) is 12.1. The van der Waals surface area contributed by atoms with E-state index in [1.54, 1.807) is 38.1 Å². The molecule has 1 aromatic carbocycles. The summed E-state index contributed by atoms with van der Waals surface area (Å²) in [5, 5.41) is -0.148. The van der Waals surface area contributed by atoms with Crippen LogP contribution in [0.5, 0.6) is 5.75 Å². The number of methoxy groups -OCH3 is 1. The van der Waals surface area contributed by atoms with E-state index in [9.17, 15) is 22.8 Å². The summed E-state index contributed by atoms with van der Waals surface area (Å²) in [6.45, 7) is 13.7. The van der Waals surface area contributed by atoms with Crippen molar-refractivity contribution < 1.29 is 36.7 Å². The highest BCUT2D eigenvalue weighted by molar-refractivity contribution is 6.74. The van der Waals surface area contributed by atoms with E-state index in [2.05, 4.69) is 20.8 Å². The zero-order valence-corrected chi connectivity index (χ0v) is 24.1. The molecule has 11 heteroatoms. The molecule has 7 nitrogen and oxygen atoms in total. The molecule has 0 saturated carbocycles. The van der Waals surface area contributed by atoms with Crippen LogP contribution in [0, 0.1) is 0 Å². The number of carbonyl (C=O) groups is 2. The summed E-state index contributed by atoms with van der Waals surface area (Å²) < 4.78 is 58.4. The van der Waals surface area contributed by atoms with Crippen molar-refractivity contribution in [3.63, 3.8) is 0 Å². The van der Waals surface area contributed by atoms with E-state index in [1.807, 2.05) is 13.1 Å². The highest BCUT2D eigenvalue weighted by atomic mass is 28.4. The number of hydrogen-bond donors (Lipinski definition) is 0. The van der Waals surface area contributed by atoms with Crippen molar-refractivity contribution in [1.82, 2.24) is 9.80 Å². The van der Waals surface area contributed by atoms with Crippen LogP contribution in [0.15, 0.2) is 24.3 Å². The van der Waals surface area contributed by atoms with Crippen molar-refractivity contribution in [2.24, 2.45) is 0 Å². The van der Waals surface area contributed by atoms with Gasteiger partial charge in [0.15, 0.2) is 8.32 Å². The molecule has 2 unspecified atom stereocenters. The lowest BCUT2D eigenvalue weighted by Crippen LogP contribution is -2.62. The maximum atomic E-state index is 13.8. The number of piperidine rings is 1. The Labute approximate surface area is 219 Å². The highest BCUT2D eigenvalue weighted by Gasteiger charge is 2.49. The number of alkyl halides is 3. The summed E-state index contributed by atoms with van der Waals surface area (Å²) in [6.07, 6.45) is -5.36. The smallest absolute Gasteiger partial charge is 0.471 e. The third kappa shape index (κ3) is 8.10. The molecule has 2 atom stereocenters. The van der Waals surface area contributed by atoms with Crippen LogP contribution in [0.2, 0.25) is 18.1 Å². The van der Waals surface area contributed by atoms with E-state index < -0.39 is 44.7 Å². The van der Waals surface area contributed by atoms with Crippen molar-refractivity contribution in [3.05, 3.63) is 29.8 Å². The molecule has 2 amide bonds. The van der Waals surface area contributed by atoms with Gasteiger partial charge in [0.1, 0.15) is 5.75 Å². The van der Waals surface area contributed by atoms with E-state index >= 15 is 0 Å². The Balaban J connectivity index is 2.49. The van der Waals surface area contributed by atoms with Gasteiger partial charge in [0.2, 0.25) is 0 Å². The zero-order valence-electron chi connectivity index (χ0n) is 23.1. The Hall–Kier alpha value is -2.27. The van der Waals surface area contributed by atoms with Crippen molar-refractivity contribution in [3.8, 4) is 5.75 Å². The summed E-state index contributed by atoms with van der Waals surface area (Å²) in [4.78, 5) is 28.1. The lowest BCUT2D eigenvalue weighted by molar-refractivity contribution is -0.191. The molecule has 210 valence electrons. The minimum atomic E-state index is -5.07. The van der Waals surface area contributed by atoms with Crippen LogP contribution in [0.3, 0.4) is 0 Å². The predicted octanol–water partition coefficient (Wildman–Crippen LogP) is 5.99. The monoisotopic (exact) mass is 546 g/mol. The molecule has 1 fully saturated rings. The van der Waals surface area contributed by atoms with Crippen molar-refractivity contribution in [2.45, 2.75) is 96.5 Å². The summed E-state index contributed by atoms with van der Waals surface area (Å²) in [5.41, 5.74) is 0.518. The van der Waals surface area contributed by atoms with Gasteiger partial charge in [0.25, 0.3) is 0 Å². The fourth-order valence-electron chi connectivity index (χ4n) is 4.04. The molecule has 0 aliphatic carbocycles. The molecular weight excluding hydrogens is 505 g/mol. The van der Waals surface area contributed by atoms with Gasteiger partial charge in [0.05, 0.1) is 31.9 Å². The second-order valence-corrected chi connectivity index (χ2v) is 16.1. The molecule has 1 aliphatic rings. The number of ether oxygens (including phenoxy) is 2. The minimum absolute atomic E-state index is 0.0125. The van der Waals surface area contributed by atoms with E-state index in [0.29, 0.717) is 30.7 Å². The summed E-state index contributed by atoms with van der Waals surface area (Å²) in [7, 11) is -0.822. The van der Waals surface area contributed by atoms with Gasteiger partial charge in [-0.2, -0.15) is 13.2 Å². The first-order valence-corrected chi connectivity index (χ1v) is 15.5. The quantitative estimate of drug-likeness (QED) is 0.375. The topological polar surface area (TPSA) is 68.3 Å². The Kier molecular flexibility index (Phi) is 10.1. The number of halogens is 3. The van der Waals surface area contributed by atoms with Crippen LogP contribution in [0.25, 0.3) is 0 Å². The SMILES string of the molecule is COc1ccc(CN(C(=O)C(F)(F)F)C2CCCN(C(=O)OC(C)C)C2CO[Si](C)(C)C(C)(C)C)cc1. The van der Waals surface area contributed by atoms with E-state index in [0.717, 1.165) is 4.90 Å². The maximum absolute atomic E-state index is 13.8. The molecule has 0 spiro atoms. The highest BCUT2D eigenvalue weighted by Crippen LogP contribution is 2.38. The van der Waals surface area contributed by atoms with Crippen LogP contribution in [-0.4, -0.2) is 74.7 Å². The normalized spacial score (nSPS) is 19.1. The van der Waals surface area contributed by atoms with Crippen LogP contribution >= 0.6 is 0 Å². The number of amides is 2. The minimum Gasteiger partial charge on any atom is -0.497 e. The van der Waals surface area contributed by atoms with Crippen LogP contribution in [0.4, 0.5) is 18.0 Å². The maximum Gasteiger partial charge on any atom is 0.471 e. The largest absolute Gasteiger partial charge is 0.497 e. The lowest BCUT2D eigenvalue weighted by Gasteiger charge is -2.47. The third-order valence-electron chi connectivity index (χ3n) is 7.15. The van der Waals surface area contributed by atoms with Crippen molar-refractivity contribution >= 4 is 20.3 Å². The molecular formula is C26H41F3N2O5Si. The molecule has 1 saturated heterocycles. The summed E-state index contributed by atoms with van der Waals surface area (Å²) >= 11 is 0. The molecule has 0 aromatic heterocycles. The summed E-state index contributed by atoms with van der Waals surface area (Å²) in [6, 6.07) is 4.83. The molecule has 0 N–H and O–H groups in total. The molecule has 1 aliphatic heterocycles. The van der Waals surface area contributed by atoms with Gasteiger partial charge in [-0.1, -0.05) is 32.9 Å². The van der Waals surface area contributed by atoms with Crippen LogP contribution < -0.4 is 4.74 Å². The van der Waals surface area contributed by atoms with Gasteiger partial charge in [-0.25, -0.2) is 4.79 Å². The third-order valence-corrected chi connectivity index (χ3v) is 11.7. The number of likely N-dealkylation sites (tertiary alicyclic amines) is 1. The fourth-order valence-corrected chi connectivity index (χ4v) is 5.06. The first kappa shape index (κ1) is 30.9. The van der Waals surface area contributed by atoms with Gasteiger partial charge >= 0.3 is 18.2 Å². The van der Waals surface area contributed by atoms with E-state index in [1.165, 1.54) is 12.0 Å². The number of nitrogens with zero attached hydrogens (tertiary/aromatic N) is 2. The van der Waals surface area contributed by atoms with Crippen LogP contribution in [0.1, 0.15) is 53.0 Å². The Morgan fingerprint density at radius 2 is 1.73 bits per heavy atom. The Morgan fingerprint density at radius 1 is 1.14 bits per heavy atom. The standard InChI is InChI=1S/C26H41F3N2O5Si/c1-18(2)36-24(33)30-15-9-10-21(22(30)17-35-37(7,8)25(3,4)5)31(23(32)26(27,28)29)16-19-11-13-20(34-6)14-12-19/h11-14,18,21-22H,9-10,15-17H2,1-8H3. The fraction of sp³-hybridized carbons (Fsp3) is 0.692. The molecule has 1 heterocycles. The van der Waals surface area contributed by atoms with Gasteiger partial charge in [-0.15, -0.1) is 0 Å². The van der Waals surface area contributed by atoms with Gasteiger partial charge in [-0.05, 0) is 62.5 Å². The predicted molar refractivity (Wildman–Crippen MR) is 138 cm³/mol. The molecule has 0 bridgehead atoms. The first-order valence-electron chi connectivity index (χ1n) is 12.6. The molecule has 1 aromatic rings. The average Bonchev–Trinajstić information content (AvgIpc) is 2.79. The number of rotatable bonds is 8. The van der Waals surface area contributed by atoms with Crippen molar-refractivity contribution in [2.75, 3.05) is 20.3 Å². The molecule has 2 rings (SSSR count). The first-order chi connectivity index (χ1) is 17.0. The van der Waals surface area contributed by atoms with E-state index in [-0.39, 0.29) is 18.2 Å². The lowest BCUT2D eigenvalue weighted by atomic mass is 9.94. The Morgan fingerprint density at radius 3 is 2.22 bits per heavy atom. The van der Waals surface area contributed by atoms with Gasteiger partial charge < -0.3 is 23.7 Å². The average molecular weight is 547 g/mol. The van der Waals surface area contributed by atoms with E-state index in [4.69, 9.17) is 13.9 Å². The van der Waals surface area contributed by atoms with Gasteiger partial charge in [0, 0.05) is 13.1 Å². The molecule has 0 radical (unpaired) electrons. The second-order valence-electron chi connectivity index (χ2n) is 11.3.